The van der Waals surface area contributed by atoms with Gasteiger partial charge in [-0.05, 0) is 47.2 Å². The minimum absolute atomic E-state index is 0.000392. The molecule has 3 aromatic carbocycles. The lowest BCUT2D eigenvalue weighted by molar-refractivity contribution is -0.384. The molecule has 0 unspecified atom stereocenters. The van der Waals surface area contributed by atoms with Gasteiger partial charge in [0, 0.05) is 23.4 Å². The van der Waals surface area contributed by atoms with Crippen molar-refractivity contribution < 1.29 is 14.1 Å². The van der Waals surface area contributed by atoms with Crippen LogP contribution in [0.3, 0.4) is 0 Å². The van der Waals surface area contributed by atoms with Crippen LogP contribution in [0.4, 0.5) is 11.4 Å². The first-order chi connectivity index (χ1) is 13.1. The van der Waals surface area contributed by atoms with Crippen LogP contribution in [-0.4, -0.2) is 10.8 Å². The summed E-state index contributed by atoms with van der Waals surface area (Å²) in [5.74, 6) is 0.267. The van der Waals surface area contributed by atoms with Gasteiger partial charge in [0.05, 0.1) is 4.92 Å². The topological polar surface area (TPSA) is 85.4 Å². The SMILES string of the molecule is O=C(Nc1ccc2ccccc2c1)c1ccc(-c2ccc([N+](=O)[O-])cc2)o1. The third-order valence-electron chi connectivity index (χ3n) is 4.20. The number of benzene rings is 3. The lowest BCUT2D eigenvalue weighted by Crippen LogP contribution is -2.10. The van der Waals surface area contributed by atoms with E-state index in [2.05, 4.69) is 5.32 Å². The van der Waals surface area contributed by atoms with Crippen LogP contribution in [0.1, 0.15) is 10.6 Å². The predicted octanol–water partition coefficient (Wildman–Crippen LogP) is 5.26. The van der Waals surface area contributed by atoms with Gasteiger partial charge >= 0.3 is 0 Å². The van der Waals surface area contributed by atoms with Crippen LogP contribution >= 0.6 is 0 Å². The summed E-state index contributed by atoms with van der Waals surface area (Å²) < 4.78 is 5.61. The summed E-state index contributed by atoms with van der Waals surface area (Å²) in [7, 11) is 0. The number of non-ortho nitro benzene ring substituents is 1. The minimum atomic E-state index is -0.464. The number of nitro benzene ring substituents is 1. The molecular weight excluding hydrogens is 344 g/mol. The Morgan fingerprint density at radius 3 is 2.37 bits per heavy atom. The van der Waals surface area contributed by atoms with Gasteiger partial charge in [-0.3, -0.25) is 14.9 Å². The number of nitrogens with zero attached hydrogens (tertiary/aromatic N) is 1. The van der Waals surface area contributed by atoms with E-state index < -0.39 is 4.92 Å². The Morgan fingerprint density at radius 2 is 1.63 bits per heavy atom. The number of nitro groups is 1. The Balaban J connectivity index is 1.53. The number of carbonyl (C=O) groups is 1. The Labute approximate surface area is 154 Å². The molecule has 0 radical (unpaired) electrons. The second kappa shape index (κ2) is 6.76. The van der Waals surface area contributed by atoms with Gasteiger partial charge in [-0.25, -0.2) is 0 Å². The molecule has 1 heterocycles. The molecular formula is C21H14N2O4. The Hall–Kier alpha value is -3.93. The molecule has 0 spiro atoms. The minimum Gasteiger partial charge on any atom is -0.451 e. The number of fused-ring (bicyclic) bond motifs is 1. The third-order valence-corrected chi connectivity index (χ3v) is 4.20. The van der Waals surface area contributed by atoms with Crippen LogP contribution < -0.4 is 5.32 Å². The normalized spacial score (nSPS) is 10.7. The van der Waals surface area contributed by atoms with E-state index in [1.54, 1.807) is 24.3 Å². The summed E-state index contributed by atoms with van der Waals surface area (Å²) in [6, 6.07) is 22.8. The van der Waals surface area contributed by atoms with Gasteiger partial charge in [0.2, 0.25) is 0 Å². The number of nitrogens with one attached hydrogen (secondary N) is 1. The van der Waals surface area contributed by atoms with E-state index in [1.165, 1.54) is 12.1 Å². The molecule has 1 amide bonds. The van der Waals surface area contributed by atoms with Gasteiger partial charge in [-0.2, -0.15) is 0 Å². The number of rotatable bonds is 4. The molecule has 0 fully saturated rings. The molecule has 132 valence electrons. The van der Waals surface area contributed by atoms with E-state index >= 15 is 0 Å². The van der Waals surface area contributed by atoms with Crippen LogP contribution in [0.5, 0.6) is 0 Å². The van der Waals surface area contributed by atoms with E-state index in [0.29, 0.717) is 17.0 Å². The number of amides is 1. The maximum atomic E-state index is 12.4. The van der Waals surface area contributed by atoms with Crippen LogP contribution in [-0.2, 0) is 0 Å². The summed E-state index contributed by atoms with van der Waals surface area (Å²) in [6.07, 6.45) is 0. The fourth-order valence-corrected chi connectivity index (χ4v) is 2.82. The van der Waals surface area contributed by atoms with Crippen molar-refractivity contribution >= 4 is 28.1 Å². The van der Waals surface area contributed by atoms with Gasteiger partial charge in [0.25, 0.3) is 11.6 Å². The lowest BCUT2D eigenvalue weighted by Gasteiger charge is -2.05. The van der Waals surface area contributed by atoms with Crippen molar-refractivity contribution in [3.63, 3.8) is 0 Å². The molecule has 4 rings (SSSR count). The van der Waals surface area contributed by atoms with Gasteiger partial charge in [0.1, 0.15) is 5.76 Å². The molecule has 0 aliphatic carbocycles. The monoisotopic (exact) mass is 358 g/mol. The number of hydrogen-bond acceptors (Lipinski definition) is 4. The number of furan rings is 1. The second-order valence-electron chi connectivity index (χ2n) is 5.98. The second-order valence-corrected chi connectivity index (χ2v) is 5.98. The molecule has 0 bridgehead atoms. The third kappa shape index (κ3) is 3.41. The molecule has 0 atom stereocenters. The quantitative estimate of drug-likeness (QED) is 0.398. The van der Waals surface area contributed by atoms with Crippen molar-refractivity contribution in [2.24, 2.45) is 0 Å². The van der Waals surface area contributed by atoms with Gasteiger partial charge in [0.15, 0.2) is 5.76 Å². The summed E-state index contributed by atoms with van der Waals surface area (Å²) in [5.41, 5.74) is 1.33. The van der Waals surface area contributed by atoms with Crippen molar-refractivity contribution in [3.05, 3.63) is 94.7 Å². The summed E-state index contributed by atoms with van der Waals surface area (Å²) >= 11 is 0. The highest BCUT2D eigenvalue weighted by atomic mass is 16.6. The van der Waals surface area contributed by atoms with E-state index in [1.807, 2.05) is 42.5 Å². The van der Waals surface area contributed by atoms with Crippen LogP contribution in [0.25, 0.3) is 22.1 Å². The van der Waals surface area contributed by atoms with E-state index in [-0.39, 0.29) is 17.4 Å². The highest BCUT2D eigenvalue weighted by molar-refractivity contribution is 6.03. The molecule has 6 heteroatoms. The molecule has 0 saturated carbocycles. The van der Waals surface area contributed by atoms with E-state index in [9.17, 15) is 14.9 Å². The maximum Gasteiger partial charge on any atom is 0.291 e. The fraction of sp³-hybridized carbons (Fsp3) is 0. The van der Waals surface area contributed by atoms with Gasteiger partial charge < -0.3 is 9.73 Å². The fourth-order valence-electron chi connectivity index (χ4n) is 2.82. The van der Waals surface area contributed by atoms with Crippen molar-refractivity contribution in [3.8, 4) is 11.3 Å². The average Bonchev–Trinajstić information content (AvgIpc) is 3.18. The zero-order valence-electron chi connectivity index (χ0n) is 14.1. The molecule has 0 aliphatic rings. The smallest absolute Gasteiger partial charge is 0.291 e. The molecule has 27 heavy (non-hydrogen) atoms. The van der Waals surface area contributed by atoms with Crippen LogP contribution in [0, 0.1) is 10.1 Å². The molecule has 6 nitrogen and oxygen atoms in total. The standard InChI is InChI=1S/C21H14N2O4/c24-21(22-17-8-5-14-3-1-2-4-16(14)13-17)20-12-11-19(27-20)15-6-9-18(10-7-15)23(25)26/h1-13H,(H,22,24). The first-order valence-corrected chi connectivity index (χ1v) is 8.25. The van der Waals surface area contributed by atoms with Gasteiger partial charge in [-0.15, -0.1) is 0 Å². The average molecular weight is 358 g/mol. The Morgan fingerprint density at radius 1 is 0.889 bits per heavy atom. The highest BCUT2D eigenvalue weighted by Crippen LogP contribution is 2.25. The predicted molar refractivity (Wildman–Crippen MR) is 103 cm³/mol. The summed E-state index contributed by atoms with van der Waals surface area (Å²) in [5, 5.41) is 15.7. The first kappa shape index (κ1) is 16.5. The molecule has 1 aromatic heterocycles. The maximum absolute atomic E-state index is 12.4. The lowest BCUT2D eigenvalue weighted by atomic mass is 10.1. The van der Waals surface area contributed by atoms with Crippen molar-refractivity contribution in [2.75, 3.05) is 5.32 Å². The largest absolute Gasteiger partial charge is 0.451 e. The molecule has 0 aliphatic heterocycles. The summed E-state index contributed by atoms with van der Waals surface area (Å²) in [6.45, 7) is 0. The summed E-state index contributed by atoms with van der Waals surface area (Å²) in [4.78, 5) is 22.7. The highest BCUT2D eigenvalue weighted by Gasteiger charge is 2.14. The van der Waals surface area contributed by atoms with Crippen LogP contribution in [0.2, 0.25) is 0 Å². The van der Waals surface area contributed by atoms with E-state index in [0.717, 1.165) is 10.8 Å². The number of hydrogen-bond donors (Lipinski definition) is 1. The molecule has 4 aromatic rings. The van der Waals surface area contributed by atoms with Crippen molar-refractivity contribution in [2.45, 2.75) is 0 Å². The zero-order valence-corrected chi connectivity index (χ0v) is 14.1. The molecule has 1 N–H and O–H groups in total. The first-order valence-electron chi connectivity index (χ1n) is 8.25. The van der Waals surface area contributed by atoms with Gasteiger partial charge in [-0.1, -0.05) is 30.3 Å². The van der Waals surface area contributed by atoms with E-state index in [4.69, 9.17) is 4.42 Å². The number of carbonyl (C=O) groups excluding carboxylic acids is 1. The molecule has 0 saturated heterocycles. The van der Waals surface area contributed by atoms with Crippen molar-refractivity contribution in [1.29, 1.82) is 0 Å². The Bertz CT molecular complexity index is 1150. The van der Waals surface area contributed by atoms with Crippen LogP contribution in [0.15, 0.2) is 83.3 Å². The number of anilines is 1. The Kier molecular flexibility index (Phi) is 4.14. The van der Waals surface area contributed by atoms with Crippen molar-refractivity contribution in [1.82, 2.24) is 0 Å². The zero-order chi connectivity index (χ0) is 18.8.